The van der Waals surface area contributed by atoms with E-state index < -0.39 is 47.5 Å². The summed E-state index contributed by atoms with van der Waals surface area (Å²) in [4.78, 5) is 50.2. The molecule has 0 saturated carbocycles. The van der Waals surface area contributed by atoms with E-state index in [0.717, 1.165) is 12.1 Å². The summed E-state index contributed by atoms with van der Waals surface area (Å²) in [5.41, 5.74) is -1.63. The lowest BCUT2D eigenvalue weighted by atomic mass is 9.83. The minimum Gasteiger partial charge on any atom is -0.452 e. The molecule has 3 aromatic rings. The molecule has 1 N–H and O–H groups in total. The van der Waals surface area contributed by atoms with Crippen LogP contribution in [0.1, 0.15) is 47.8 Å². The summed E-state index contributed by atoms with van der Waals surface area (Å²) in [5, 5.41) is 1.72. The van der Waals surface area contributed by atoms with Crippen LogP contribution in [0.25, 0.3) is 0 Å². The molecule has 1 amide bonds. The predicted molar refractivity (Wildman–Crippen MR) is 115 cm³/mol. The van der Waals surface area contributed by atoms with Crippen LogP contribution in [-0.2, 0) is 15.7 Å². The number of ether oxygens (including phenoxy) is 1. The molecule has 0 heterocycles. The number of hydrogen-bond acceptors (Lipinski definition) is 5. The van der Waals surface area contributed by atoms with Gasteiger partial charge in [-0.2, -0.15) is 13.2 Å². The molecule has 4 rings (SSSR count). The van der Waals surface area contributed by atoms with Crippen molar-refractivity contribution < 1.29 is 37.1 Å². The molecule has 0 saturated heterocycles. The van der Waals surface area contributed by atoms with E-state index >= 15 is 0 Å². The highest BCUT2D eigenvalue weighted by Crippen LogP contribution is 2.35. The van der Waals surface area contributed by atoms with E-state index in [9.17, 15) is 32.3 Å². The van der Waals surface area contributed by atoms with Crippen LogP contribution < -0.4 is 5.32 Å². The lowest BCUT2D eigenvalue weighted by Crippen LogP contribution is -2.24. The van der Waals surface area contributed by atoms with Gasteiger partial charge in [0.2, 0.25) is 0 Å². The molecule has 0 unspecified atom stereocenters. The number of benzene rings is 3. The largest absolute Gasteiger partial charge is 0.452 e. The Bertz CT molecular complexity index is 1370. The summed E-state index contributed by atoms with van der Waals surface area (Å²) >= 11 is 6.26. The van der Waals surface area contributed by atoms with Crippen LogP contribution in [0.5, 0.6) is 0 Å². The Morgan fingerprint density at radius 2 is 1.47 bits per heavy atom. The molecule has 10 heteroatoms. The third-order valence-corrected chi connectivity index (χ3v) is 5.48. The molecule has 0 atom stereocenters. The average molecular weight is 488 g/mol. The lowest BCUT2D eigenvalue weighted by Gasteiger charge is -2.19. The van der Waals surface area contributed by atoms with E-state index in [4.69, 9.17) is 16.3 Å². The van der Waals surface area contributed by atoms with Gasteiger partial charge in [0, 0.05) is 16.7 Å². The molecule has 1 aliphatic rings. The number of fused-ring (bicyclic) bond motifs is 2. The van der Waals surface area contributed by atoms with Gasteiger partial charge in [0.15, 0.2) is 18.2 Å². The van der Waals surface area contributed by atoms with Crippen LogP contribution in [0.15, 0.2) is 60.7 Å². The van der Waals surface area contributed by atoms with Crippen molar-refractivity contribution in [2.45, 2.75) is 6.18 Å². The van der Waals surface area contributed by atoms with Crippen molar-refractivity contribution in [1.82, 2.24) is 0 Å². The summed E-state index contributed by atoms with van der Waals surface area (Å²) < 4.78 is 44.1. The van der Waals surface area contributed by atoms with Gasteiger partial charge in [0.25, 0.3) is 5.91 Å². The maximum Gasteiger partial charge on any atom is 0.418 e. The van der Waals surface area contributed by atoms with Crippen LogP contribution in [0.4, 0.5) is 18.9 Å². The zero-order chi connectivity index (χ0) is 24.6. The Balaban J connectivity index is 1.52. The minimum atomic E-state index is -4.69. The number of anilines is 1. The fraction of sp³-hybridized carbons (Fsp3) is 0.0833. The number of para-hydroxylation sites is 1. The topological polar surface area (TPSA) is 89.5 Å². The highest BCUT2D eigenvalue weighted by molar-refractivity contribution is 6.41. The SMILES string of the molecule is O=C(COC(=O)c1ccc2c(c1Cl)C(=O)c1ccccc1C2=O)Nc1ccccc1C(F)(F)F. The Morgan fingerprint density at radius 3 is 2.15 bits per heavy atom. The first-order valence-electron chi connectivity index (χ1n) is 9.73. The van der Waals surface area contributed by atoms with E-state index in [1.165, 1.54) is 36.4 Å². The van der Waals surface area contributed by atoms with Crippen molar-refractivity contribution in [2.24, 2.45) is 0 Å². The van der Waals surface area contributed by atoms with Crippen LogP contribution in [0, 0.1) is 0 Å². The van der Waals surface area contributed by atoms with Crippen LogP contribution >= 0.6 is 11.6 Å². The fourth-order valence-electron chi connectivity index (χ4n) is 3.54. The van der Waals surface area contributed by atoms with Crippen LogP contribution in [0.2, 0.25) is 5.02 Å². The number of carbonyl (C=O) groups excluding carboxylic acids is 4. The number of nitrogens with one attached hydrogen (secondary N) is 1. The van der Waals surface area contributed by atoms with E-state index in [0.29, 0.717) is 0 Å². The normalized spacial score (nSPS) is 12.6. The number of carbonyl (C=O) groups is 4. The van der Waals surface area contributed by atoms with E-state index in [-0.39, 0.29) is 32.8 Å². The fourth-order valence-corrected chi connectivity index (χ4v) is 3.87. The molecule has 0 fully saturated rings. The molecule has 3 aromatic carbocycles. The number of esters is 1. The second kappa shape index (κ2) is 8.75. The van der Waals surface area contributed by atoms with Gasteiger partial charge in [0.05, 0.1) is 27.4 Å². The molecule has 0 radical (unpaired) electrons. The first kappa shape index (κ1) is 23.2. The van der Waals surface area contributed by atoms with E-state index in [2.05, 4.69) is 0 Å². The molecular formula is C24H13ClF3NO5. The number of amides is 1. The van der Waals surface area contributed by atoms with Crippen molar-refractivity contribution in [3.8, 4) is 0 Å². The molecule has 0 aliphatic heterocycles. The van der Waals surface area contributed by atoms with Crippen LogP contribution in [0.3, 0.4) is 0 Å². The molecule has 0 spiro atoms. The standard InChI is InChI=1S/C24H13ClF3NO5/c25-20-15(10-9-14-19(20)22(32)13-6-2-1-5-12(13)21(14)31)23(33)34-11-18(30)29-17-8-4-3-7-16(17)24(26,27)28/h1-10H,11H2,(H,29,30). The van der Waals surface area contributed by atoms with Gasteiger partial charge in [-0.25, -0.2) is 4.79 Å². The Labute approximate surface area is 195 Å². The highest BCUT2D eigenvalue weighted by Gasteiger charge is 2.35. The number of ketones is 2. The maximum atomic E-state index is 13.1. The summed E-state index contributed by atoms with van der Waals surface area (Å²) in [6.45, 7) is -0.909. The Kier molecular flexibility index (Phi) is 5.97. The quantitative estimate of drug-likeness (QED) is 0.412. The van der Waals surface area contributed by atoms with Gasteiger partial charge in [-0.15, -0.1) is 0 Å². The zero-order valence-electron chi connectivity index (χ0n) is 17.0. The summed E-state index contributed by atoms with van der Waals surface area (Å²) in [6, 6.07) is 12.9. The maximum absolute atomic E-state index is 13.1. The molecular weight excluding hydrogens is 475 g/mol. The number of hydrogen-bond donors (Lipinski definition) is 1. The molecule has 172 valence electrons. The molecule has 6 nitrogen and oxygen atoms in total. The minimum absolute atomic E-state index is 0.0201. The van der Waals surface area contributed by atoms with E-state index in [1.807, 2.05) is 5.32 Å². The van der Waals surface area contributed by atoms with Gasteiger partial charge >= 0.3 is 12.1 Å². The first-order valence-corrected chi connectivity index (χ1v) is 10.1. The van der Waals surface area contributed by atoms with Crippen molar-refractivity contribution in [1.29, 1.82) is 0 Å². The zero-order valence-corrected chi connectivity index (χ0v) is 17.8. The summed E-state index contributed by atoms with van der Waals surface area (Å²) in [7, 11) is 0. The van der Waals surface area contributed by atoms with Crippen molar-refractivity contribution in [3.05, 3.63) is 99.1 Å². The van der Waals surface area contributed by atoms with E-state index in [1.54, 1.807) is 12.1 Å². The van der Waals surface area contributed by atoms with Gasteiger partial charge in [-0.05, 0) is 24.3 Å². The number of rotatable bonds is 4. The van der Waals surface area contributed by atoms with Gasteiger partial charge in [-0.1, -0.05) is 48.0 Å². The van der Waals surface area contributed by atoms with Crippen LogP contribution in [-0.4, -0.2) is 30.0 Å². The molecule has 1 aliphatic carbocycles. The average Bonchev–Trinajstić information content (AvgIpc) is 2.80. The number of alkyl halides is 3. The Morgan fingerprint density at radius 1 is 0.853 bits per heavy atom. The second-order valence-electron chi connectivity index (χ2n) is 7.22. The van der Waals surface area contributed by atoms with Gasteiger partial charge in [-0.3, -0.25) is 14.4 Å². The predicted octanol–water partition coefficient (Wildman–Crippen LogP) is 4.93. The van der Waals surface area contributed by atoms with Crippen molar-refractivity contribution in [3.63, 3.8) is 0 Å². The summed E-state index contributed by atoms with van der Waals surface area (Å²) in [5.74, 6) is -3.09. The Hall–Kier alpha value is -3.98. The second-order valence-corrected chi connectivity index (χ2v) is 7.60. The lowest BCUT2D eigenvalue weighted by molar-refractivity contribution is -0.137. The van der Waals surface area contributed by atoms with Gasteiger partial charge < -0.3 is 10.1 Å². The molecule has 0 aromatic heterocycles. The smallest absolute Gasteiger partial charge is 0.418 e. The number of halogens is 4. The highest BCUT2D eigenvalue weighted by atomic mass is 35.5. The van der Waals surface area contributed by atoms with Gasteiger partial charge in [0.1, 0.15) is 0 Å². The molecule has 34 heavy (non-hydrogen) atoms. The summed E-state index contributed by atoms with van der Waals surface area (Å²) in [6.07, 6.45) is -4.69. The third-order valence-electron chi connectivity index (χ3n) is 5.09. The third kappa shape index (κ3) is 4.17. The molecule has 0 bridgehead atoms. The van der Waals surface area contributed by atoms with Crippen molar-refractivity contribution >= 4 is 40.7 Å². The monoisotopic (exact) mass is 487 g/mol. The van der Waals surface area contributed by atoms with Crippen molar-refractivity contribution in [2.75, 3.05) is 11.9 Å². The first-order chi connectivity index (χ1) is 16.1.